The third-order valence-corrected chi connectivity index (χ3v) is 4.34. The molecule has 0 aliphatic carbocycles. The van der Waals surface area contributed by atoms with Crippen LogP contribution in [0.3, 0.4) is 0 Å². The molecule has 0 radical (unpaired) electrons. The van der Waals surface area contributed by atoms with Gasteiger partial charge in [-0.2, -0.15) is 5.26 Å². The summed E-state index contributed by atoms with van der Waals surface area (Å²) in [5.74, 6) is 0.246. The van der Waals surface area contributed by atoms with Crippen molar-refractivity contribution in [3.05, 3.63) is 69.5 Å². The van der Waals surface area contributed by atoms with E-state index < -0.39 is 5.56 Å². The number of aromatic amines is 1. The van der Waals surface area contributed by atoms with Gasteiger partial charge in [-0.25, -0.2) is 4.98 Å². The number of carbonyl (C=O) groups excluding carboxylic acids is 1. The fraction of sp³-hybridized carbons (Fsp3) is 0.182. The highest BCUT2D eigenvalue weighted by Gasteiger charge is 2.14. The van der Waals surface area contributed by atoms with Crippen molar-refractivity contribution in [2.45, 2.75) is 12.8 Å². The van der Waals surface area contributed by atoms with Crippen molar-refractivity contribution in [1.29, 1.82) is 5.26 Å². The van der Waals surface area contributed by atoms with Crippen LogP contribution in [0, 0.1) is 11.3 Å². The Morgan fingerprint density at radius 3 is 2.55 bits per heavy atom. The monoisotopic (exact) mass is 438 g/mol. The van der Waals surface area contributed by atoms with Crippen LogP contribution in [0.15, 0.2) is 53.3 Å². The van der Waals surface area contributed by atoms with Gasteiger partial charge in [-0.15, -0.1) is 0 Å². The highest BCUT2D eigenvalue weighted by atomic mass is 35.5. The van der Waals surface area contributed by atoms with Crippen LogP contribution in [-0.2, 0) is 4.79 Å². The fourth-order valence-corrected chi connectivity index (χ4v) is 2.66. The van der Waals surface area contributed by atoms with Crippen molar-refractivity contribution in [1.82, 2.24) is 9.97 Å². The van der Waals surface area contributed by atoms with E-state index >= 15 is 0 Å². The van der Waals surface area contributed by atoms with Gasteiger partial charge in [0.25, 0.3) is 5.56 Å². The molecule has 3 aromatic rings. The average molecular weight is 439 g/mol. The van der Waals surface area contributed by atoms with Gasteiger partial charge in [-0.05, 0) is 49.4 Å². The molecule has 0 fully saturated rings. The first-order chi connectivity index (χ1) is 15.0. The summed E-state index contributed by atoms with van der Waals surface area (Å²) in [6.07, 6.45) is 2.31. The third-order valence-electron chi connectivity index (χ3n) is 4.09. The molecule has 5 N–H and O–H groups in total. The second-order valence-corrected chi connectivity index (χ2v) is 6.75. The van der Waals surface area contributed by atoms with Crippen LogP contribution in [0.4, 0.5) is 17.3 Å². The summed E-state index contributed by atoms with van der Waals surface area (Å²) in [6.45, 7) is 0.624. The first kappa shape index (κ1) is 23.6. The molecule has 0 aliphatic heterocycles. The van der Waals surface area contributed by atoms with Gasteiger partial charge in [0.1, 0.15) is 17.9 Å². The third kappa shape index (κ3) is 6.96. The lowest BCUT2D eigenvalue weighted by Crippen LogP contribution is -2.16. The van der Waals surface area contributed by atoms with Crippen molar-refractivity contribution in [2.75, 3.05) is 24.2 Å². The molecule has 0 saturated carbocycles. The minimum absolute atomic E-state index is 0.0325. The molecule has 0 spiro atoms. The maximum Gasteiger partial charge on any atom is 0.270 e. The van der Waals surface area contributed by atoms with Crippen molar-refractivity contribution in [2.24, 2.45) is 5.73 Å². The number of nitrogens with one attached hydrogen (secondary N) is 3. The highest BCUT2D eigenvalue weighted by Crippen LogP contribution is 2.24. The minimum Gasteiger partial charge on any atom is -0.388 e. The van der Waals surface area contributed by atoms with E-state index in [1.807, 2.05) is 24.3 Å². The Labute approximate surface area is 185 Å². The molecule has 0 unspecified atom stereocenters. The van der Waals surface area contributed by atoms with E-state index in [1.165, 1.54) is 0 Å². The van der Waals surface area contributed by atoms with Crippen molar-refractivity contribution in [3.63, 3.8) is 0 Å². The summed E-state index contributed by atoms with van der Waals surface area (Å²) < 4.78 is 0. The molecule has 0 atom stereocenters. The Hall–Kier alpha value is -3.67. The van der Waals surface area contributed by atoms with Gasteiger partial charge in [0.15, 0.2) is 0 Å². The van der Waals surface area contributed by atoms with Crippen LogP contribution in [-0.4, -0.2) is 29.8 Å². The summed E-state index contributed by atoms with van der Waals surface area (Å²) in [4.78, 5) is 28.8. The first-order valence-corrected chi connectivity index (χ1v) is 9.89. The number of aromatic nitrogens is 2. The number of aldehydes is 1. The van der Waals surface area contributed by atoms with Crippen LogP contribution in [0.1, 0.15) is 18.4 Å². The lowest BCUT2D eigenvalue weighted by Gasteiger charge is -2.10. The van der Waals surface area contributed by atoms with E-state index in [-0.39, 0.29) is 11.5 Å². The zero-order valence-electron chi connectivity index (χ0n) is 17.0. The Morgan fingerprint density at radius 2 is 1.97 bits per heavy atom. The molecular weight excluding hydrogens is 416 g/mol. The Kier molecular flexibility index (Phi) is 9.23. The number of nitrogens with zero attached hydrogens (tertiary/aromatic N) is 2. The second kappa shape index (κ2) is 12.1. The molecule has 2 aromatic carbocycles. The Balaban J connectivity index is 0.000000501. The number of nitrogens with two attached hydrogens (primary N) is 1. The van der Waals surface area contributed by atoms with Crippen molar-refractivity contribution in [3.8, 4) is 17.3 Å². The Morgan fingerprint density at radius 1 is 1.23 bits per heavy atom. The summed E-state index contributed by atoms with van der Waals surface area (Å²) in [5, 5.41) is 16.0. The summed E-state index contributed by atoms with van der Waals surface area (Å²) in [5.41, 5.74) is 7.09. The number of unbranched alkanes of at least 4 members (excludes halogenated alkanes) is 1. The van der Waals surface area contributed by atoms with E-state index in [2.05, 4.69) is 20.6 Å². The van der Waals surface area contributed by atoms with Gasteiger partial charge < -0.3 is 21.2 Å². The minimum atomic E-state index is -0.501. The van der Waals surface area contributed by atoms with E-state index in [4.69, 9.17) is 17.3 Å². The topological polar surface area (TPSA) is 137 Å². The number of rotatable bonds is 7. The number of carbonyl (C=O) groups is 1. The van der Waals surface area contributed by atoms with Gasteiger partial charge in [-0.1, -0.05) is 23.7 Å². The summed E-state index contributed by atoms with van der Waals surface area (Å²) in [6, 6.07) is 16.3. The Bertz CT molecular complexity index is 1110. The average Bonchev–Trinajstić information content (AvgIpc) is 2.79. The molecule has 160 valence electrons. The maximum atomic E-state index is 12.3. The van der Waals surface area contributed by atoms with Gasteiger partial charge in [0.05, 0.1) is 5.69 Å². The largest absolute Gasteiger partial charge is 0.388 e. The number of benzene rings is 2. The number of anilines is 3. The van der Waals surface area contributed by atoms with Gasteiger partial charge >= 0.3 is 0 Å². The van der Waals surface area contributed by atoms with E-state index in [0.717, 1.165) is 18.4 Å². The van der Waals surface area contributed by atoms with Crippen LogP contribution >= 0.6 is 11.6 Å². The van der Waals surface area contributed by atoms with E-state index in [1.54, 1.807) is 37.4 Å². The maximum absolute atomic E-state index is 12.3. The van der Waals surface area contributed by atoms with Crippen LogP contribution in [0.5, 0.6) is 0 Å². The SMILES string of the molecule is CNc1cccc(-c2nc(Nc3ccc(Cl)cc3)[nH]c(=O)c2C#N)c1.NCCCC=O. The van der Waals surface area contributed by atoms with E-state index in [9.17, 15) is 14.9 Å². The molecule has 0 amide bonds. The molecule has 8 nitrogen and oxygen atoms in total. The molecule has 1 aromatic heterocycles. The number of hydrogen-bond acceptors (Lipinski definition) is 7. The first-order valence-electron chi connectivity index (χ1n) is 9.51. The second-order valence-electron chi connectivity index (χ2n) is 6.31. The van der Waals surface area contributed by atoms with Gasteiger partial charge in [0, 0.05) is 35.4 Å². The molecular formula is C22H23ClN6O2. The lowest BCUT2D eigenvalue weighted by atomic mass is 10.1. The molecule has 31 heavy (non-hydrogen) atoms. The van der Waals surface area contributed by atoms with Crippen LogP contribution < -0.4 is 21.9 Å². The molecule has 0 saturated heterocycles. The van der Waals surface area contributed by atoms with Gasteiger partial charge in [0.2, 0.25) is 5.95 Å². The van der Waals surface area contributed by atoms with Crippen molar-refractivity contribution < 1.29 is 4.79 Å². The highest BCUT2D eigenvalue weighted by molar-refractivity contribution is 6.30. The number of hydrogen-bond donors (Lipinski definition) is 4. The molecule has 9 heteroatoms. The molecule has 0 bridgehead atoms. The molecule has 0 aliphatic rings. The normalized spacial score (nSPS) is 9.74. The molecule has 1 heterocycles. The lowest BCUT2D eigenvalue weighted by molar-refractivity contribution is -0.107. The van der Waals surface area contributed by atoms with Gasteiger partial charge in [-0.3, -0.25) is 9.78 Å². The molecule has 3 rings (SSSR count). The van der Waals surface area contributed by atoms with Crippen LogP contribution in [0.2, 0.25) is 5.02 Å². The summed E-state index contributed by atoms with van der Waals surface area (Å²) >= 11 is 5.87. The fourth-order valence-electron chi connectivity index (χ4n) is 2.54. The number of H-pyrrole nitrogens is 1. The predicted octanol–water partition coefficient (Wildman–Crippen LogP) is 3.67. The van der Waals surface area contributed by atoms with Crippen LogP contribution in [0.25, 0.3) is 11.3 Å². The van der Waals surface area contributed by atoms with Crippen molar-refractivity contribution >= 4 is 35.2 Å². The zero-order valence-corrected chi connectivity index (χ0v) is 17.7. The summed E-state index contributed by atoms with van der Waals surface area (Å²) in [7, 11) is 1.79. The van der Waals surface area contributed by atoms with E-state index in [0.29, 0.717) is 34.9 Å². The zero-order chi connectivity index (χ0) is 22.6. The number of halogens is 1. The standard InChI is InChI=1S/C18H14ClN5O.C4H9NO/c1-21-14-4-2-3-11(9-14)16-15(10-20)17(25)24-18(23-16)22-13-7-5-12(19)6-8-13;5-3-1-2-4-6/h2-9,21H,1H3,(H2,22,23,24,25);4H,1-3,5H2. The smallest absolute Gasteiger partial charge is 0.270 e. The predicted molar refractivity (Wildman–Crippen MR) is 124 cm³/mol. The number of nitriles is 1. The quantitative estimate of drug-likeness (QED) is 0.326.